The summed E-state index contributed by atoms with van der Waals surface area (Å²) >= 11 is 0. The summed E-state index contributed by atoms with van der Waals surface area (Å²) in [7, 11) is 0. The van der Waals surface area contributed by atoms with Gasteiger partial charge in [-0.2, -0.15) is 0 Å². The lowest BCUT2D eigenvalue weighted by Gasteiger charge is -2.28. The molecule has 0 aromatic carbocycles. The van der Waals surface area contributed by atoms with E-state index in [9.17, 15) is 9.59 Å². The summed E-state index contributed by atoms with van der Waals surface area (Å²) in [6, 6.07) is 0. The number of esters is 2. The maximum Gasteiger partial charge on any atom is 0.307 e. The van der Waals surface area contributed by atoms with Gasteiger partial charge >= 0.3 is 11.9 Å². The minimum atomic E-state index is -0.383. The monoisotopic (exact) mass is 777 g/mol. The van der Waals surface area contributed by atoms with Crippen LogP contribution in [0.5, 0.6) is 0 Å². The summed E-state index contributed by atoms with van der Waals surface area (Å²) in [6.45, 7) is 14.5. The van der Waals surface area contributed by atoms with Gasteiger partial charge in [0.05, 0.1) is 12.8 Å². The van der Waals surface area contributed by atoms with Crippen LogP contribution in [0.15, 0.2) is 24.3 Å². The number of piperidine rings is 1. The Balaban J connectivity index is 2.29. The topological polar surface area (TPSA) is 77.5 Å². The fourth-order valence-electron chi connectivity index (χ4n) is 7.00. The molecule has 1 saturated heterocycles. The largest absolute Gasteiger partial charge is 0.462 e. The molecule has 0 aliphatic carbocycles. The summed E-state index contributed by atoms with van der Waals surface area (Å²) in [5.74, 6) is -0.527. The van der Waals surface area contributed by atoms with E-state index in [0.29, 0.717) is 26.1 Å². The van der Waals surface area contributed by atoms with Crippen molar-refractivity contribution < 1.29 is 28.5 Å². The third-order valence-corrected chi connectivity index (χ3v) is 10.5. The summed E-state index contributed by atoms with van der Waals surface area (Å²) in [5.41, 5.74) is 0. The van der Waals surface area contributed by atoms with Crippen molar-refractivity contribution in [3.8, 4) is 0 Å². The van der Waals surface area contributed by atoms with Crippen LogP contribution >= 0.6 is 0 Å². The van der Waals surface area contributed by atoms with Gasteiger partial charge in [0.15, 0.2) is 6.29 Å². The average Bonchev–Trinajstić information content (AvgIpc) is 3.20. The molecule has 1 aliphatic heterocycles. The average molecular weight is 777 g/mol. The molecule has 0 aromatic heterocycles. The van der Waals surface area contributed by atoms with Crippen molar-refractivity contribution in [2.24, 2.45) is 0 Å². The van der Waals surface area contributed by atoms with E-state index in [4.69, 9.17) is 18.9 Å². The van der Waals surface area contributed by atoms with Gasteiger partial charge < -0.3 is 28.7 Å². The highest BCUT2D eigenvalue weighted by Gasteiger charge is 2.15. The lowest BCUT2D eigenvalue weighted by molar-refractivity contribution is -0.161. The van der Waals surface area contributed by atoms with Gasteiger partial charge in [0.25, 0.3) is 0 Å². The molecule has 0 aromatic rings. The van der Waals surface area contributed by atoms with E-state index in [1.54, 1.807) is 0 Å². The predicted molar refractivity (Wildman–Crippen MR) is 230 cm³/mol. The lowest BCUT2D eigenvalue weighted by atomic mass is 10.1. The van der Waals surface area contributed by atoms with Crippen LogP contribution in [-0.2, 0) is 28.5 Å². The summed E-state index contributed by atoms with van der Waals surface area (Å²) in [6.07, 6.45) is 39.2. The molecule has 1 fully saturated rings. The Hall–Kier alpha value is -1.74. The number of carbonyl (C=O) groups excluding carboxylic acids is 2. The zero-order valence-electron chi connectivity index (χ0n) is 36.4. The molecule has 8 nitrogen and oxygen atoms in total. The Morgan fingerprint density at radius 3 is 1.67 bits per heavy atom. The third-order valence-electron chi connectivity index (χ3n) is 10.5. The minimum absolute atomic E-state index is 0.0807. The fraction of sp³-hybridized carbons (Fsp3) is 0.872. The van der Waals surface area contributed by atoms with Gasteiger partial charge in [0.1, 0.15) is 13.2 Å². The highest BCUT2D eigenvalue weighted by atomic mass is 16.7. The number of nitrogens with zero attached hydrogens (tertiary/aromatic N) is 2. The Labute approximate surface area is 339 Å². The fourth-order valence-corrected chi connectivity index (χ4v) is 7.00. The van der Waals surface area contributed by atoms with E-state index in [2.05, 4.69) is 54.9 Å². The van der Waals surface area contributed by atoms with Crippen LogP contribution < -0.4 is 0 Å². The molecule has 0 unspecified atom stereocenters. The second-order valence-electron chi connectivity index (χ2n) is 15.7. The SMILES string of the molecule is CCCCC/C=C\C/C=C\CCCCCCCCN(CCCN1CCCCC1)CCC(=O)OCCOC(=O)CCC(OCCCCCC)OCCCCCC. The number of rotatable bonds is 40. The van der Waals surface area contributed by atoms with E-state index >= 15 is 0 Å². The standard InChI is InChI=1S/C47H88N2O6/c1-4-7-10-13-14-15-16-17-18-19-20-21-22-23-24-26-37-49(39-31-38-48-35-27-25-28-36-48)40-34-46(51)53-44-43-52-45(50)32-33-47(54-41-29-11-8-5-2)55-42-30-12-9-6-3/h14-15,17-18,47H,4-13,16,19-44H2,1-3H3/b15-14-,18-17-. The molecule has 1 rings (SSSR count). The molecule has 8 heteroatoms. The molecular formula is C47H88N2O6. The zero-order valence-corrected chi connectivity index (χ0v) is 36.4. The second-order valence-corrected chi connectivity index (χ2v) is 15.7. The van der Waals surface area contributed by atoms with Gasteiger partial charge in [-0.15, -0.1) is 0 Å². The van der Waals surface area contributed by atoms with Crippen LogP contribution in [0.4, 0.5) is 0 Å². The summed E-state index contributed by atoms with van der Waals surface area (Å²) in [5, 5.41) is 0. The van der Waals surface area contributed by atoms with Gasteiger partial charge in [-0.3, -0.25) is 9.59 Å². The normalized spacial score (nSPS) is 13.9. The minimum Gasteiger partial charge on any atom is -0.462 e. The van der Waals surface area contributed by atoms with Crippen molar-refractivity contribution >= 4 is 11.9 Å². The molecule has 0 atom stereocenters. The molecule has 0 N–H and O–H groups in total. The molecule has 0 amide bonds. The maximum absolute atomic E-state index is 12.6. The van der Waals surface area contributed by atoms with Crippen LogP contribution in [0, 0.1) is 0 Å². The number of ether oxygens (including phenoxy) is 4. The maximum atomic E-state index is 12.6. The third kappa shape index (κ3) is 35.2. The number of unbranched alkanes of at least 4 members (excludes halogenated alkanes) is 15. The molecule has 0 saturated carbocycles. The van der Waals surface area contributed by atoms with Crippen molar-refractivity contribution in [2.75, 3.05) is 65.7 Å². The number of carbonyl (C=O) groups is 2. The predicted octanol–water partition coefficient (Wildman–Crippen LogP) is 11.8. The van der Waals surface area contributed by atoms with Crippen molar-refractivity contribution in [3.63, 3.8) is 0 Å². The van der Waals surface area contributed by atoms with Crippen LogP contribution in [0.25, 0.3) is 0 Å². The molecule has 1 heterocycles. The Kier molecular flexibility index (Phi) is 37.7. The molecule has 1 aliphatic rings. The van der Waals surface area contributed by atoms with Crippen LogP contribution in [0.1, 0.15) is 194 Å². The van der Waals surface area contributed by atoms with E-state index in [0.717, 1.165) is 64.7 Å². The smallest absolute Gasteiger partial charge is 0.307 e. The lowest BCUT2D eigenvalue weighted by Crippen LogP contribution is -2.34. The first-order valence-corrected chi connectivity index (χ1v) is 23.4. The molecule has 0 radical (unpaired) electrons. The number of allylic oxidation sites excluding steroid dienone is 4. The van der Waals surface area contributed by atoms with Gasteiger partial charge in [0.2, 0.25) is 0 Å². The van der Waals surface area contributed by atoms with Crippen molar-refractivity contribution in [1.82, 2.24) is 9.80 Å². The van der Waals surface area contributed by atoms with Crippen LogP contribution in [0.3, 0.4) is 0 Å². The highest BCUT2D eigenvalue weighted by molar-refractivity contribution is 5.70. The number of hydrogen-bond acceptors (Lipinski definition) is 8. The first-order chi connectivity index (χ1) is 27.1. The summed E-state index contributed by atoms with van der Waals surface area (Å²) in [4.78, 5) is 30.2. The summed E-state index contributed by atoms with van der Waals surface area (Å²) < 4.78 is 22.8. The van der Waals surface area contributed by atoms with Crippen molar-refractivity contribution in [1.29, 1.82) is 0 Å². The van der Waals surface area contributed by atoms with Crippen LogP contribution in [0.2, 0.25) is 0 Å². The van der Waals surface area contributed by atoms with Gasteiger partial charge in [-0.1, -0.05) is 129 Å². The number of hydrogen-bond donors (Lipinski definition) is 0. The van der Waals surface area contributed by atoms with E-state index in [1.165, 1.54) is 129 Å². The molecule has 322 valence electrons. The van der Waals surface area contributed by atoms with E-state index in [-0.39, 0.29) is 37.9 Å². The van der Waals surface area contributed by atoms with Crippen molar-refractivity contribution in [3.05, 3.63) is 24.3 Å². The number of likely N-dealkylation sites (tertiary alicyclic amines) is 1. The molecular weight excluding hydrogens is 689 g/mol. The van der Waals surface area contributed by atoms with Gasteiger partial charge in [-0.05, 0) is 103 Å². The zero-order chi connectivity index (χ0) is 39.7. The Morgan fingerprint density at radius 2 is 1.05 bits per heavy atom. The molecule has 0 bridgehead atoms. The van der Waals surface area contributed by atoms with Gasteiger partial charge in [-0.25, -0.2) is 0 Å². The first-order valence-electron chi connectivity index (χ1n) is 23.4. The Bertz CT molecular complexity index is 892. The first kappa shape index (κ1) is 51.3. The molecule has 55 heavy (non-hydrogen) atoms. The van der Waals surface area contributed by atoms with E-state index < -0.39 is 0 Å². The highest BCUT2D eigenvalue weighted by Crippen LogP contribution is 2.13. The van der Waals surface area contributed by atoms with Crippen molar-refractivity contribution in [2.45, 2.75) is 200 Å². The second kappa shape index (κ2) is 40.5. The van der Waals surface area contributed by atoms with E-state index in [1.807, 2.05) is 0 Å². The Morgan fingerprint density at radius 1 is 0.545 bits per heavy atom. The quantitative estimate of drug-likeness (QED) is 0.0263. The van der Waals surface area contributed by atoms with Gasteiger partial charge in [0, 0.05) is 26.2 Å². The van der Waals surface area contributed by atoms with Crippen LogP contribution in [-0.4, -0.2) is 93.7 Å². The molecule has 0 spiro atoms.